The van der Waals surface area contributed by atoms with Crippen molar-refractivity contribution in [3.8, 4) is 11.6 Å². The minimum atomic E-state index is -0.606. The number of carbonyl (C=O) groups is 2. The van der Waals surface area contributed by atoms with Crippen LogP contribution in [0.5, 0.6) is 11.6 Å². The number of alkyl halides is 1. The lowest BCUT2D eigenvalue weighted by molar-refractivity contribution is -0.122. The number of nitrogens with zero attached hydrogens (tertiary/aromatic N) is 1. The molecule has 1 aliphatic carbocycles. The topological polar surface area (TPSA) is 80.3 Å². The fraction of sp³-hybridized carbons (Fsp3) is 0.458. The molecule has 1 aliphatic rings. The Labute approximate surface area is 203 Å². The summed E-state index contributed by atoms with van der Waals surface area (Å²) in [4.78, 5) is 29.9. The molecule has 2 amide bonds. The molecule has 0 spiro atoms. The molecule has 1 fully saturated rings. The first-order valence-electron chi connectivity index (χ1n) is 11.1. The van der Waals surface area contributed by atoms with Gasteiger partial charge in [0.25, 0.3) is 5.91 Å². The van der Waals surface area contributed by atoms with Crippen molar-refractivity contribution in [2.24, 2.45) is 0 Å². The van der Waals surface area contributed by atoms with Crippen molar-refractivity contribution in [3.63, 3.8) is 0 Å². The number of aromatic nitrogens is 1. The van der Waals surface area contributed by atoms with Gasteiger partial charge in [0, 0.05) is 29.3 Å². The lowest BCUT2D eigenvalue weighted by Gasteiger charge is -2.29. The molecule has 3 rings (SSSR count). The van der Waals surface area contributed by atoms with E-state index in [-0.39, 0.29) is 29.4 Å². The number of ether oxygens (including phenoxy) is 1. The Morgan fingerprint density at radius 1 is 1.15 bits per heavy atom. The van der Waals surface area contributed by atoms with Gasteiger partial charge in [0.05, 0.1) is 6.20 Å². The molecule has 0 bridgehead atoms. The zero-order valence-electron chi connectivity index (χ0n) is 18.6. The SMILES string of the molecule is CSc1cccc(Oc2ncc(F)cc2C(=O)N[C@H]2CC[C@@H](NC(=O)CCCCCl)CC2)c1. The summed E-state index contributed by atoms with van der Waals surface area (Å²) in [5, 5.41) is 6.03. The Kier molecular flexibility index (Phi) is 9.81. The summed E-state index contributed by atoms with van der Waals surface area (Å²) in [6.07, 6.45) is 8.10. The predicted molar refractivity (Wildman–Crippen MR) is 129 cm³/mol. The number of halogens is 2. The van der Waals surface area contributed by atoms with E-state index >= 15 is 0 Å². The van der Waals surface area contributed by atoms with Crippen molar-refractivity contribution in [1.29, 1.82) is 0 Å². The highest BCUT2D eigenvalue weighted by Gasteiger charge is 2.25. The summed E-state index contributed by atoms with van der Waals surface area (Å²) in [6, 6.07) is 8.59. The molecule has 0 unspecified atom stereocenters. The number of hydrogen-bond acceptors (Lipinski definition) is 5. The molecule has 178 valence electrons. The lowest BCUT2D eigenvalue weighted by atomic mass is 9.91. The van der Waals surface area contributed by atoms with Crippen LogP contribution in [-0.4, -0.2) is 41.0 Å². The van der Waals surface area contributed by atoms with E-state index in [0.29, 0.717) is 18.1 Å². The van der Waals surface area contributed by atoms with Crippen LogP contribution >= 0.6 is 23.4 Å². The summed E-state index contributed by atoms with van der Waals surface area (Å²) in [7, 11) is 0. The summed E-state index contributed by atoms with van der Waals surface area (Å²) in [5.74, 6) is 0.168. The third-order valence-electron chi connectivity index (χ3n) is 5.53. The van der Waals surface area contributed by atoms with Gasteiger partial charge in [-0.25, -0.2) is 9.37 Å². The van der Waals surface area contributed by atoms with Crippen LogP contribution in [0.4, 0.5) is 4.39 Å². The van der Waals surface area contributed by atoms with E-state index in [4.69, 9.17) is 16.3 Å². The highest BCUT2D eigenvalue weighted by Crippen LogP contribution is 2.28. The number of unbranched alkanes of at least 4 members (excludes halogenated alkanes) is 1. The van der Waals surface area contributed by atoms with Crippen molar-refractivity contribution < 1.29 is 18.7 Å². The molecule has 9 heteroatoms. The van der Waals surface area contributed by atoms with E-state index in [1.54, 1.807) is 17.8 Å². The molecule has 0 saturated heterocycles. The first kappa shape index (κ1) is 25.3. The summed E-state index contributed by atoms with van der Waals surface area (Å²) in [6.45, 7) is 0. The number of pyridine rings is 1. The Balaban J connectivity index is 1.56. The van der Waals surface area contributed by atoms with Crippen LogP contribution in [0.3, 0.4) is 0 Å². The number of amides is 2. The van der Waals surface area contributed by atoms with Gasteiger partial charge in [-0.2, -0.15) is 0 Å². The van der Waals surface area contributed by atoms with Crippen LogP contribution < -0.4 is 15.4 Å². The van der Waals surface area contributed by atoms with E-state index < -0.39 is 11.7 Å². The van der Waals surface area contributed by atoms with Crippen LogP contribution in [0.2, 0.25) is 0 Å². The number of benzene rings is 1. The molecule has 1 aromatic heterocycles. The van der Waals surface area contributed by atoms with Gasteiger partial charge in [-0.05, 0) is 69.0 Å². The highest BCUT2D eigenvalue weighted by molar-refractivity contribution is 7.98. The third kappa shape index (κ3) is 7.89. The van der Waals surface area contributed by atoms with E-state index in [1.165, 1.54) is 0 Å². The molecule has 2 N–H and O–H groups in total. The fourth-order valence-corrected chi connectivity index (χ4v) is 4.41. The van der Waals surface area contributed by atoms with Gasteiger partial charge in [0.15, 0.2) is 0 Å². The highest BCUT2D eigenvalue weighted by atomic mass is 35.5. The standard InChI is InChI=1S/C24H29ClFN3O3S/c1-33-20-6-4-5-19(14-20)32-24-21(13-16(26)15-27-24)23(31)29-18-10-8-17(9-11-18)28-22(30)7-2-3-12-25/h4-6,13-15,17-18H,2-3,7-12H2,1H3,(H,28,30)(H,29,31)/t17-,18+. The zero-order chi connectivity index (χ0) is 23.6. The first-order valence-corrected chi connectivity index (χ1v) is 12.9. The van der Waals surface area contributed by atoms with E-state index in [9.17, 15) is 14.0 Å². The Morgan fingerprint density at radius 2 is 1.88 bits per heavy atom. The van der Waals surface area contributed by atoms with Gasteiger partial charge in [-0.15, -0.1) is 23.4 Å². The van der Waals surface area contributed by atoms with Crippen LogP contribution in [-0.2, 0) is 4.79 Å². The molecular weight excluding hydrogens is 465 g/mol. The van der Waals surface area contributed by atoms with Gasteiger partial charge in [0.1, 0.15) is 17.1 Å². The minimum absolute atomic E-state index is 0.0470. The molecule has 2 aromatic rings. The fourth-order valence-electron chi connectivity index (χ4n) is 3.77. The number of rotatable bonds is 10. The Morgan fingerprint density at radius 3 is 2.58 bits per heavy atom. The maximum atomic E-state index is 13.9. The van der Waals surface area contributed by atoms with Crippen LogP contribution in [0.1, 0.15) is 55.3 Å². The monoisotopic (exact) mass is 493 g/mol. The number of thioether (sulfide) groups is 1. The van der Waals surface area contributed by atoms with Gasteiger partial charge in [-0.1, -0.05) is 6.07 Å². The average molecular weight is 494 g/mol. The summed E-state index contributed by atoms with van der Waals surface area (Å²) in [5.41, 5.74) is 0.0549. The molecule has 6 nitrogen and oxygen atoms in total. The van der Waals surface area contributed by atoms with Crippen molar-refractivity contribution in [3.05, 3.63) is 47.9 Å². The second kappa shape index (κ2) is 12.8. The van der Waals surface area contributed by atoms with Gasteiger partial charge >= 0.3 is 0 Å². The first-order chi connectivity index (χ1) is 16.0. The third-order valence-corrected chi connectivity index (χ3v) is 6.53. The van der Waals surface area contributed by atoms with Gasteiger partial charge in [-0.3, -0.25) is 9.59 Å². The maximum Gasteiger partial charge on any atom is 0.257 e. The Hall–Kier alpha value is -2.32. The van der Waals surface area contributed by atoms with Crippen LogP contribution in [0.15, 0.2) is 41.4 Å². The smallest absolute Gasteiger partial charge is 0.257 e. The zero-order valence-corrected chi connectivity index (χ0v) is 20.2. The molecule has 1 saturated carbocycles. The second-order valence-electron chi connectivity index (χ2n) is 8.02. The minimum Gasteiger partial charge on any atom is -0.438 e. The molecule has 0 aliphatic heterocycles. The quantitative estimate of drug-likeness (QED) is 0.266. The second-order valence-corrected chi connectivity index (χ2v) is 9.28. The van der Waals surface area contributed by atoms with Crippen molar-refractivity contribution in [2.45, 2.75) is 61.9 Å². The molecular formula is C24H29ClFN3O3S. The van der Waals surface area contributed by atoms with Crippen molar-refractivity contribution in [2.75, 3.05) is 12.1 Å². The average Bonchev–Trinajstić information content (AvgIpc) is 2.81. The molecule has 33 heavy (non-hydrogen) atoms. The van der Waals surface area contributed by atoms with Crippen LogP contribution in [0, 0.1) is 5.82 Å². The molecule has 0 atom stereocenters. The normalized spacial score (nSPS) is 17.9. The Bertz CT molecular complexity index is 954. The van der Waals surface area contributed by atoms with E-state index in [0.717, 1.165) is 55.7 Å². The molecule has 1 aromatic carbocycles. The number of carbonyl (C=O) groups excluding carboxylic acids is 2. The van der Waals surface area contributed by atoms with Crippen LogP contribution in [0.25, 0.3) is 0 Å². The predicted octanol–water partition coefficient (Wildman–Crippen LogP) is 5.30. The largest absolute Gasteiger partial charge is 0.438 e. The van der Waals surface area contributed by atoms with Crippen molar-refractivity contribution >= 4 is 35.2 Å². The number of hydrogen-bond donors (Lipinski definition) is 2. The molecule has 0 radical (unpaired) electrons. The summed E-state index contributed by atoms with van der Waals surface area (Å²) < 4.78 is 19.7. The van der Waals surface area contributed by atoms with Gasteiger partial charge in [0.2, 0.25) is 11.8 Å². The number of nitrogens with one attached hydrogen (secondary N) is 2. The summed E-state index contributed by atoms with van der Waals surface area (Å²) >= 11 is 7.22. The van der Waals surface area contributed by atoms with Gasteiger partial charge < -0.3 is 15.4 Å². The maximum absolute atomic E-state index is 13.9. The van der Waals surface area contributed by atoms with Crippen molar-refractivity contribution in [1.82, 2.24) is 15.6 Å². The molecule has 1 heterocycles. The van der Waals surface area contributed by atoms with E-state index in [1.807, 2.05) is 24.5 Å². The lowest BCUT2D eigenvalue weighted by Crippen LogP contribution is -2.43. The van der Waals surface area contributed by atoms with E-state index in [2.05, 4.69) is 15.6 Å².